The molecule has 4 rings (SSSR count). The molecule has 0 aliphatic rings. The number of aryl methyl sites for hydroxylation is 3. The Morgan fingerprint density at radius 1 is 0.935 bits per heavy atom. The maximum absolute atomic E-state index is 13.3. The van der Waals surface area contributed by atoms with Gasteiger partial charge in [0.15, 0.2) is 0 Å². The van der Waals surface area contributed by atoms with Crippen LogP contribution in [0, 0.1) is 20.8 Å². The van der Waals surface area contributed by atoms with Gasteiger partial charge in [-0.2, -0.15) is 4.68 Å². The van der Waals surface area contributed by atoms with Gasteiger partial charge in [0.2, 0.25) is 11.1 Å². The Kier molecular flexibility index (Phi) is 6.13. The van der Waals surface area contributed by atoms with Crippen molar-refractivity contribution in [2.45, 2.75) is 31.2 Å². The van der Waals surface area contributed by atoms with Crippen molar-refractivity contribution in [3.05, 3.63) is 95.1 Å². The van der Waals surface area contributed by atoms with Crippen molar-refractivity contribution in [1.82, 2.24) is 20.2 Å². The van der Waals surface area contributed by atoms with Crippen molar-refractivity contribution in [3.8, 4) is 5.69 Å². The summed E-state index contributed by atoms with van der Waals surface area (Å²) in [5.41, 5.74) is 5.85. The van der Waals surface area contributed by atoms with Crippen molar-refractivity contribution in [3.63, 3.8) is 0 Å². The highest BCUT2D eigenvalue weighted by Gasteiger charge is 2.26. The van der Waals surface area contributed by atoms with E-state index in [2.05, 4.69) is 26.9 Å². The molecule has 1 heterocycles. The Labute approximate surface area is 185 Å². The molecular weight excluding hydrogens is 406 g/mol. The van der Waals surface area contributed by atoms with E-state index in [1.807, 2.05) is 87.5 Å². The number of benzene rings is 3. The molecule has 1 N–H and O–H groups in total. The van der Waals surface area contributed by atoms with Crippen LogP contribution in [0.15, 0.2) is 78.0 Å². The number of nitrogens with one attached hydrogen (secondary N) is 1. The van der Waals surface area contributed by atoms with E-state index in [0.29, 0.717) is 5.16 Å². The summed E-state index contributed by atoms with van der Waals surface area (Å²) in [7, 11) is 0. The fourth-order valence-electron chi connectivity index (χ4n) is 3.20. The topological polar surface area (TPSA) is 72.7 Å². The van der Waals surface area contributed by atoms with Gasteiger partial charge in [0.1, 0.15) is 5.25 Å². The van der Waals surface area contributed by atoms with E-state index < -0.39 is 5.25 Å². The van der Waals surface area contributed by atoms with Crippen molar-refractivity contribution >= 4 is 23.4 Å². The second kappa shape index (κ2) is 9.14. The zero-order chi connectivity index (χ0) is 21.8. The molecule has 1 amide bonds. The molecule has 3 aromatic carbocycles. The third-order valence-electron chi connectivity index (χ3n) is 4.92. The van der Waals surface area contributed by atoms with Gasteiger partial charge < -0.3 is 5.32 Å². The van der Waals surface area contributed by atoms with Crippen molar-refractivity contribution in [2.24, 2.45) is 0 Å². The van der Waals surface area contributed by atoms with Gasteiger partial charge in [0, 0.05) is 5.69 Å². The minimum absolute atomic E-state index is 0.129. The number of hydrogen-bond acceptors (Lipinski definition) is 5. The lowest BCUT2D eigenvalue weighted by molar-refractivity contribution is -0.115. The number of thioether (sulfide) groups is 1. The Bertz CT molecular complexity index is 1190. The summed E-state index contributed by atoms with van der Waals surface area (Å²) in [6.07, 6.45) is 0. The molecule has 0 saturated carbocycles. The van der Waals surface area contributed by atoms with Crippen LogP contribution in [-0.4, -0.2) is 26.1 Å². The predicted molar refractivity (Wildman–Crippen MR) is 123 cm³/mol. The Morgan fingerprint density at radius 2 is 1.65 bits per heavy atom. The quantitative estimate of drug-likeness (QED) is 0.434. The highest BCUT2D eigenvalue weighted by Crippen LogP contribution is 2.36. The molecule has 0 aliphatic heterocycles. The molecule has 31 heavy (non-hydrogen) atoms. The van der Waals surface area contributed by atoms with E-state index in [1.54, 1.807) is 4.68 Å². The first-order valence-corrected chi connectivity index (χ1v) is 10.8. The van der Waals surface area contributed by atoms with Gasteiger partial charge in [-0.05, 0) is 66.1 Å². The zero-order valence-electron chi connectivity index (χ0n) is 17.6. The molecule has 1 unspecified atom stereocenters. The molecule has 0 radical (unpaired) electrons. The first kappa shape index (κ1) is 20.8. The number of hydrogen-bond donors (Lipinski definition) is 1. The fourth-order valence-corrected chi connectivity index (χ4v) is 4.19. The summed E-state index contributed by atoms with van der Waals surface area (Å²) in [6.45, 7) is 6.06. The average Bonchev–Trinajstić information content (AvgIpc) is 3.24. The lowest BCUT2D eigenvalue weighted by Gasteiger charge is -2.17. The molecule has 4 aromatic rings. The largest absolute Gasteiger partial charge is 0.325 e. The highest BCUT2D eigenvalue weighted by molar-refractivity contribution is 8.00. The van der Waals surface area contributed by atoms with Crippen LogP contribution >= 0.6 is 11.8 Å². The van der Waals surface area contributed by atoms with Crippen LogP contribution in [0.5, 0.6) is 0 Å². The number of anilines is 1. The van der Waals surface area contributed by atoms with E-state index in [4.69, 9.17) is 0 Å². The van der Waals surface area contributed by atoms with Crippen LogP contribution in [0.25, 0.3) is 5.69 Å². The van der Waals surface area contributed by atoms with Crippen molar-refractivity contribution < 1.29 is 4.79 Å². The minimum atomic E-state index is -0.516. The maximum atomic E-state index is 13.3. The molecule has 0 saturated heterocycles. The molecule has 7 heteroatoms. The Hall–Kier alpha value is -3.45. The number of carbonyl (C=O) groups excluding carboxylic acids is 1. The van der Waals surface area contributed by atoms with E-state index in [1.165, 1.54) is 11.8 Å². The van der Waals surface area contributed by atoms with Gasteiger partial charge in [-0.3, -0.25) is 4.79 Å². The van der Waals surface area contributed by atoms with Crippen LogP contribution < -0.4 is 5.32 Å². The van der Waals surface area contributed by atoms with E-state index in [0.717, 1.165) is 33.6 Å². The summed E-state index contributed by atoms with van der Waals surface area (Å²) in [5, 5.41) is 15.3. The third kappa shape index (κ3) is 4.83. The smallest absolute Gasteiger partial charge is 0.242 e. The first-order chi connectivity index (χ1) is 15.0. The average molecular weight is 430 g/mol. The fraction of sp³-hybridized carbons (Fsp3) is 0.167. The number of aromatic nitrogens is 4. The van der Waals surface area contributed by atoms with Gasteiger partial charge in [-0.25, -0.2) is 0 Å². The second-order valence-electron chi connectivity index (χ2n) is 7.43. The maximum Gasteiger partial charge on any atom is 0.242 e. The SMILES string of the molecule is Cc1ccc(NC(=O)C(Sc2nnnn2-c2cc(C)ccc2C)c2ccccc2)cc1. The Morgan fingerprint density at radius 3 is 2.39 bits per heavy atom. The monoisotopic (exact) mass is 429 g/mol. The third-order valence-corrected chi connectivity index (χ3v) is 6.10. The van der Waals surface area contributed by atoms with Gasteiger partial charge in [0.05, 0.1) is 5.69 Å². The van der Waals surface area contributed by atoms with E-state index in [-0.39, 0.29) is 5.91 Å². The molecule has 0 spiro atoms. The molecular formula is C24H23N5OS. The van der Waals surface area contributed by atoms with Gasteiger partial charge in [0.25, 0.3) is 0 Å². The summed E-state index contributed by atoms with van der Waals surface area (Å²) in [5.74, 6) is -0.129. The minimum Gasteiger partial charge on any atom is -0.325 e. The van der Waals surface area contributed by atoms with Crippen LogP contribution in [0.4, 0.5) is 5.69 Å². The Balaban J connectivity index is 1.67. The van der Waals surface area contributed by atoms with E-state index >= 15 is 0 Å². The predicted octanol–water partition coefficient (Wildman–Crippen LogP) is 5.06. The van der Waals surface area contributed by atoms with Gasteiger partial charge in [-0.15, -0.1) is 5.10 Å². The van der Waals surface area contributed by atoms with Crippen molar-refractivity contribution in [1.29, 1.82) is 0 Å². The normalized spacial score (nSPS) is 11.8. The lowest BCUT2D eigenvalue weighted by Crippen LogP contribution is -2.19. The first-order valence-electron chi connectivity index (χ1n) is 9.96. The number of nitrogens with zero attached hydrogens (tertiary/aromatic N) is 4. The van der Waals surface area contributed by atoms with Gasteiger partial charge >= 0.3 is 0 Å². The molecule has 1 atom stereocenters. The lowest BCUT2D eigenvalue weighted by atomic mass is 10.1. The molecule has 1 aromatic heterocycles. The standard InChI is InChI=1S/C24H23N5OS/c1-16-10-13-20(14-11-16)25-23(30)22(19-7-5-4-6-8-19)31-24-26-27-28-29(24)21-15-17(2)9-12-18(21)3/h4-15,22H,1-3H3,(H,25,30). The number of amides is 1. The second-order valence-corrected chi connectivity index (χ2v) is 8.50. The molecule has 0 aliphatic carbocycles. The molecule has 0 fully saturated rings. The number of rotatable bonds is 6. The molecule has 156 valence electrons. The molecule has 0 bridgehead atoms. The van der Waals surface area contributed by atoms with Crippen LogP contribution in [0.1, 0.15) is 27.5 Å². The summed E-state index contributed by atoms with van der Waals surface area (Å²) >= 11 is 1.33. The highest BCUT2D eigenvalue weighted by atomic mass is 32.2. The summed E-state index contributed by atoms with van der Waals surface area (Å²) in [6, 6.07) is 23.6. The summed E-state index contributed by atoms with van der Waals surface area (Å²) < 4.78 is 1.70. The van der Waals surface area contributed by atoms with E-state index in [9.17, 15) is 4.79 Å². The molecule has 6 nitrogen and oxygen atoms in total. The van der Waals surface area contributed by atoms with Crippen LogP contribution in [0.3, 0.4) is 0 Å². The van der Waals surface area contributed by atoms with Crippen molar-refractivity contribution in [2.75, 3.05) is 5.32 Å². The van der Waals surface area contributed by atoms with Gasteiger partial charge in [-0.1, -0.05) is 71.9 Å². The number of tetrazole rings is 1. The number of carbonyl (C=O) groups is 1. The summed E-state index contributed by atoms with van der Waals surface area (Å²) in [4.78, 5) is 13.3. The van der Waals surface area contributed by atoms with Crippen LogP contribution in [-0.2, 0) is 4.79 Å². The zero-order valence-corrected chi connectivity index (χ0v) is 18.4. The van der Waals surface area contributed by atoms with Crippen LogP contribution in [0.2, 0.25) is 0 Å².